The highest BCUT2D eigenvalue weighted by Gasteiger charge is 2.17. The van der Waals surface area contributed by atoms with E-state index in [0.717, 1.165) is 17.4 Å². The minimum absolute atomic E-state index is 0.212. The van der Waals surface area contributed by atoms with Crippen LogP contribution in [0, 0.1) is 5.82 Å². The third kappa shape index (κ3) is 5.89. The minimum Gasteiger partial charge on any atom is -0.475 e. The fourth-order valence-electron chi connectivity index (χ4n) is 3.61. The van der Waals surface area contributed by atoms with Gasteiger partial charge in [0, 0.05) is 28.6 Å². The molecule has 0 spiro atoms. The summed E-state index contributed by atoms with van der Waals surface area (Å²) < 4.78 is 26.1. The molecule has 3 aromatic heterocycles. The van der Waals surface area contributed by atoms with Gasteiger partial charge < -0.3 is 24.3 Å². The molecule has 0 aliphatic rings. The minimum atomic E-state index is -0.510. The standard InChI is InChI=1S/C25H26ClFN6O3/c1-33(2,3)10-5-11-36-24-21(14-20(31-32-24)16-12-15(26)6-7-18(16)27)29-19-8-9-28-23-17(19)13-22(30-23)25(34)35-4/h6-9,12-14H,5,10-11H2,1-4H3,(H-,28,29,30,31,32,34)/p+1. The average Bonchev–Trinajstić information content (AvgIpc) is 3.28. The molecule has 1 aromatic carbocycles. The number of aromatic amines is 1. The van der Waals surface area contributed by atoms with E-state index < -0.39 is 11.8 Å². The predicted molar refractivity (Wildman–Crippen MR) is 136 cm³/mol. The summed E-state index contributed by atoms with van der Waals surface area (Å²) in [6.45, 7) is 1.33. The molecule has 0 saturated heterocycles. The highest BCUT2D eigenvalue weighted by Crippen LogP contribution is 2.33. The summed E-state index contributed by atoms with van der Waals surface area (Å²) >= 11 is 6.09. The van der Waals surface area contributed by atoms with Crippen molar-refractivity contribution in [2.45, 2.75) is 6.42 Å². The van der Waals surface area contributed by atoms with Crippen LogP contribution in [0.3, 0.4) is 0 Å². The molecule has 0 aliphatic carbocycles. The van der Waals surface area contributed by atoms with Crippen LogP contribution in [0.1, 0.15) is 16.9 Å². The van der Waals surface area contributed by atoms with Crippen molar-refractivity contribution < 1.29 is 23.1 Å². The zero-order valence-corrected chi connectivity index (χ0v) is 21.2. The fourth-order valence-corrected chi connectivity index (χ4v) is 3.78. The molecule has 3 heterocycles. The van der Waals surface area contributed by atoms with Crippen LogP contribution in [0.25, 0.3) is 22.3 Å². The van der Waals surface area contributed by atoms with Crippen molar-refractivity contribution in [2.75, 3.05) is 46.7 Å². The van der Waals surface area contributed by atoms with Gasteiger partial charge in [0.1, 0.15) is 22.8 Å². The normalized spacial score (nSPS) is 11.5. The van der Waals surface area contributed by atoms with Crippen molar-refractivity contribution in [1.82, 2.24) is 20.2 Å². The van der Waals surface area contributed by atoms with Crippen LogP contribution in [0.15, 0.2) is 42.6 Å². The molecule has 0 radical (unpaired) electrons. The Bertz CT molecular complexity index is 1400. The molecule has 0 bridgehead atoms. The summed E-state index contributed by atoms with van der Waals surface area (Å²) in [6, 6.07) is 9.28. The molecule has 0 saturated carbocycles. The van der Waals surface area contributed by atoms with Crippen LogP contribution >= 0.6 is 11.6 Å². The molecule has 11 heteroatoms. The quantitative estimate of drug-likeness (QED) is 0.188. The van der Waals surface area contributed by atoms with E-state index in [1.807, 2.05) is 0 Å². The molecule has 4 aromatic rings. The van der Waals surface area contributed by atoms with Crippen LogP contribution in [-0.4, -0.2) is 72.0 Å². The molecular formula is C25H27ClFN6O3+. The summed E-state index contributed by atoms with van der Waals surface area (Å²) in [7, 11) is 7.63. The largest absolute Gasteiger partial charge is 0.475 e. The van der Waals surface area contributed by atoms with Gasteiger partial charge in [-0.05, 0) is 36.4 Å². The van der Waals surface area contributed by atoms with Crippen molar-refractivity contribution in [3.05, 3.63) is 59.1 Å². The second-order valence-electron chi connectivity index (χ2n) is 9.21. The third-order valence-electron chi connectivity index (χ3n) is 5.38. The smallest absolute Gasteiger partial charge is 0.354 e. The van der Waals surface area contributed by atoms with Crippen molar-refractivity contribution in [2.24, 2.45) is 0 Å². The first-order valence-corrected chi connectivity index (χ1v) is 11.6. The van der Waals surface area contributed by atoms with Crippen LogP contribution < -0.4 is 10.1 Å². The van der Waals surface area contributed by atoms with Gasteiger partial charge in [-0.3, -0.25) is 0 Å². The third-order valence-corrected chi connectivity index (χ3v) is 5.62. The maximum atomic E-state index is 14.6. The number of pyridine rings is 1. The average molecular weight is 514 g/mol. The molecule has 0 unspecified atom stereocenters. The van der Waals surface area contributed by atoms with Crippen molar-refractivity contribution in [1.29, 1.82) is 0 Å². The number of hydrogen-bond acceptors (Lipinski definition) is 7. The van der Waals surface area contributed by atoms with Gasteiger partial charge in [0.2, 0.25) is 0 Å². The van der Waals surface area contributed by atoms with E-state index in [2.05, 4.69) is 46.6 Å². The van der Waals surface area contributed by atoms with Gasteiger partial charge in [-0.15, -0.1) is 10.2 Å². The van der Waals surface area contributed by atoms with Crippen LogP contribution in [0.2, 0.25) is 5.02 Å². The van der Waals surface area contributed by atoms with E-state index in [9.17, 15) is 9.18 Å². The van der Waals surface area contributed by atoms with E-state index in [-0.39, 0.29) is 22.8 Å². The Labute approximate surface area is 212 Å². The van der Waals surface area contributed by atoms with Gasteiger partial charge in [0.15, 0.2) is 0 Å². The van der Waals surface area contributed by atoms with Gasteiger partial charge in [0.25, 0.3) is 5.88 Å². The number of quaternary nitrogens is 1. The number of ether oxygens (including phenoxy) is 2. The molecule has 9 nitrogen and oxygen atoms in total. The molecule has 0 aliphatic heterocycles. The number of halogens is 2. The second kappa shape index (κ2) is 10.5. The molecule has 2 N–H and O–H groups in total. The van der Waals surface area contributed by atoms with Gasteiger partial charge in [-0.1, -0.05) is 11.6 Å². The first-order valence-electron chi connectivity index (χ1n) is 11.2. The number of rotatable bonds is 9. The topological polar surface area (TPSA) is 102 Å². The number of anilines is 2. The summed E-state index contributed by atoms with van der Waals surface area (Å²) in [6.07, 6.45) is 2.39. The number of aromatic nitrogens is 4. The van der Waals surface area contributed by atoms with Gasteiger partial charge >= 0.3 is 5.97 Å². The van der Waals surface area contributed by atoms with Gasteiger partial charge in [-0.25, -0.2) is 14.2 Å². The van der Waals surface area contributed by atoms with Gasteiger partial charge in [0.05, 0.1) is 52.8 Å². The highest BCUT2D eigenvalue weighted by molar-refractivity contribution is 6.30. The molecule has 188 valence electrons. The fraction of sp³-hybridized carbons (Fsp3) is 0.280. The highest BCUT2D eigenvalue weighted by atomic mass is 35.5. The number of fused-ring (bicyclic) bond motifs is 1. The number of nitrogens with one attached hydrogen (secondary N) is 2. The summed E-state index contributed by atoms with van der Waals surface area (Å²) in [4.78, 5) is 19.2. The Morgan fingerprint density at radius 3 is 2.69 bits per heavy atom. The number of methoxy groups -OCH3 is 1. The Balaban J connectivity index is 1.71. The van der Waals surface area contributed by atoms with Crippen LogP contribution in [0.4, 0.5) is 15.8 Å². The lowest BCUT2D eigenvalue weighted by atomic mass is 10.1. The Hall–Kier alpha value is -3.76. The second-order valence-corrected chi connectivity index (χ2v) is 9.65. The lowest BCUT2D eigenvalue weighted by Crippen LogP contribution is -2.36. The van der Waals surface area contributed by atoms with E-state index >= 15 is 0 Å². The van der Waals surface area contributed by atoms with Gasteiger partial charge in [-0.2, -0.15) is 0 Å². The molecule has 36 heavy (non-hydrogen) atoms. The maximum Gasteiger partial charge on any atom is 0.354 e. The number of carbonyl (C=O) groups is 1. The number of carbonyl (C=O) groups excluding carboxylic acids is 1. The predicted octanol–water partition coefficient (Wildman–Crippen LogP) is 4.82. The first kappa shape index (κ1) is 25.3. The van der Waals surface area contributed by atoms with Crippen molar-refractivity contribution >= 4 is 40.0 Å². The zero-order valence-electron chi connectivity index (χ0n) is 20.4. The zero-order chi connectivity index (χ0) is 25.9. The number of hydrogen-bond donors (Lipinski definition) is 2. The Morgan fingerprint density at radius 1 is 1.14 bits per heavy atom. The SMILES string of the molecule is COC(=O)c1cc2c(Nc3cc(-c4cc(Cl)ccc4F)nnc3OCCC[N+](C)(C)C)ccnc2[nH]1. The Morgan fingerprint density at radius 2 is 1.94 bits per heavy atom. The molecule has 0 atom stereocenters. The Kier molecular flexibility index (Phi) is 7.37. The van der Waals surface area contributed by atoms with E-state index in [1.165, 1.54) is 25.3 Å². The van der Waals surface area contributed by atoms with Crippen molar-refractivity contribution in [3.63, 3.8) is 0 Å². The van der Waals surface area contributed by atoms with E-state index in [4.69, 9.17) is 21.1 Å². The molecule has 4 rings (SSSR count). The van der Waals surface area contributed by atoms with E-state index in [1.54, 1.807) is 24.4 Å². The maximum absolute atomic E-state index is 14.6. The molecular weight excluding hydrogens is 487 g/mol. The number of benzene rings is 1. The number of nitrogens with zero attached hydrogens (tertiary/aromatic N) is 4. The van der Waals surface area contributed by atoms with E-state index in [0.29, 0.717) is 34.0 Å². The monoisotopic (exact) mass is 513 g/mol. The van der Waals surface area contributed by atoms with Crippen LogP contribution in [0.5, 0.6) is 5.88 Å². The van der Waals surface area contributed by atoms with Crippen molar-refractivity contribution in [3.8, 4) is 17.1 Å². The molecule has 0 amide bonds. The summed E-state index contributed by atoms with van der Waals surface area (Å²) in [5.74, 6) is -0.725. The summed E-state index contributed by atoms with van der Waals surface area (Å²) in [5, 5.41) is 12.7. The van der Waals surface area contributed by atoms with Crippen LogP contribution in [-0.2, 0) is 4.74 Å². The number of H-pyrrole nitrogens is 1. The first-order chi connectivity index (χ1) is 17.1. The lowest BCUT2D eigenvalue weighted by molar-refractivity contribution is -0.870. The lowest BCUT2D eigenvalue weighted by Gasteiger charge is -2.23. The molecule has 0 fully saturated rings. The summed E-state index contributed by atoms with van der Waals surface area (Å²) in [5.41, 5.74) is 2.36. The number of esters is 1.